The topological polar surface area (TPSA) is 64.7 Å². The van der Waals surface area contributed by atoms with E-state index in [1.807, 2.05) is 12.1 Å². The second kappa shape index (κ2) is 4.56. The molecule has 2 heterocycles. The third-order valence-corrected chi connectivity index (χ3v) is 4.23. The normalized spacial score (nSPS) is 11.0. The summed E-state index contributed by atoms with van der Waals surface area (Å²) >= 11 is 8.40. The molecule has 0 aliphatic carbocycles. The molecule has 0 spiro atoms. The fraction of sp³-hybridized carbons (Fsp3) is 0. The van der Waals surface area contributed by atoms with Crippen LogP contribution in [-0.2, 0) is 0 Å². The van der Waals surface area contributed by atoms with Crippen LogP contribution in [0.15, 0.2) is 32.8 Å². The average Bonchev–Trinajstić information content (AvgIpc) is 2.83. The van der Waals surface area contributed by atoms with E-state index in [4.69, 9.17) is 5.73 Å². The molecule has 0 atom stereocenters. The summed E-state index contributed by atoms with van der Waals surface area (Å²) in [5.74, 6) is 1.07. The van der Waals surface area contributed by atoms with E-state index < -0.39 is 0 Å². The van der Waals surface area contributed by atoms with Crippen molar-refractivity contribution in [2.24, 2.45) is 0 Å². The van der Waals surface area contributed by atoms with Gasteiger partial charge in [-0.05, 0) is 28.1 Å². The molecule has 2 aromatic heterocycles. The van der Waals surface area contributed by atoms with Crippen molar-refractivity contribution >= 4 is 59.9 Å². The monoisotopic (exact) mass is 384 g/mol. The summed E-state index contributed by atoms with van der Waals surface area (Å²) in [6.45, 7) is 0. The minimum Gasteiger partial charge on any atom is -0.383 e. The maximum atomic E-state index is 5.99. The molecule has 0 bridgehead atoms. The Balaban J connectivity index is 2.34. The van der Waals surface area contributed by atoms with Gasteiger partial charge in [0.25, 0.3) is 0 Å². The highest BCUT2D eigenvalue weighted by Crippen LogP contribution is 2.32. The number of hydrogen-bond donors (Lipinski definition) is 1. The third kappa shape index (κ3) is 2.02. The fourth-order valence-electron chi connectivity index (χ4n) is 1.62. The van der Waals surface area contributed by atoms with Crippen LogP contribution in [0.25, 0.3) is 21.6 Å². The Morgan fingerprint density at radius 3 is 2.72 bits per heavy atom. The van der Waals surface area contributed by atoms with Crippen LogP contribution >= 0.6 is 43.2 Å². The Bertz CT molecular complexity index is 727. The summed E-state index contributed by atoms with van der Waals surface area (Å²) in [5, 5.41) is 0.824. The molecule has 3 rings (SSSR count). The molecule has 0 amide bonds. The zero-order valence-corrected chi connectivity index (χ0v) is 12.9. The van der Waals surface area contributed by atoms with E-state index in [-0.39, 0.29) is 0 Å². The number of thiazole rings is 1. The molecule has 0 aliphatic rings. The van der Waals surface area contributed by atoms with Gasteiger partial charge in [0.05, 0.1) is 15.9 Å². The maximum Gasteiger partial charge on any atom is 0.173 e. The molecule has 18 heavy (non-hydrogen) atoms. The molecule has 4 nitrogen and oxygen atoms in total. The number of benzene rings is 1. The van der Waals surface area contributed by atoms with Crippen LogP contribution in [0, 0.1) is 0 Å². The molecule has 0 aliphatic heterocycles. The van der Waals surface area contributed by atoms with E-state index in [1.165, 1.54) is 11.3 Å². The number of aromatic nitrogens is 3. The van der Waals surface area contributed by atoms with Gasteiger partial charge in [-0.1, -0.05) is 15.9 Å². The van der Waals surface area contributed by atoms with Gasteiger partial charge in [-0.2, -0.15) is 0 Å². The lowest BCUT2D eigenvalue weighted by Gasteiger charge is -2.06. The Labute approximate surface area is 124 Å². The molecule has 3 aromatic rings. The van der Waals surface area contributed by atoms with E-state index >= 15 is 0 Å². The van der Waals surface area contributed by atoms with Crippen molar-refractivity contribution in [3.05, 3.63) is 32.8 Å². The molecular weight excluding hydrogens is 380 g/mol. The van der Waals surface area contributed by atoms with Gasteiger partial charge in [0.2, 0.25) is 0 Å². The van der Waals surface area contributed by atoms with Crippen molar-refractivity contribution in [1.29, 1.82) is 0 Å². The standard InChI is InChI=1S/C11H6Br2N4S/c12-5-1-6-9(7(13)2-5)16-11(17-10(6)14)8-3-15-4-18-8/h1-4H,(H2,14,16,17). The van der Waals surface area contributed by atoms with Crippen LogP contribution in [0.2, 0.25) is 0 Å². The Morgan fingerprint density at radius 1 is 1.17 bits per heavy atom. The van der Waals surface area contributed by atoms with Crippen molar-refractivity contribution < 1.29 is 0 Å². The van der Waals surface area contributed by atoms with Gasteiger partial charge < -0.3 is 5.73 Å². The fourth-order valence-corrected chi connectivity index (χ4v) is 3.48. The van der Waals surface area contributed by atoms with Gasteiger partial charge >= 0.3 is 0 Å². The van der Waals surface area contributed by atoms with Crippen LogP contribution in [0.1, 0.15) is 0 Å². The van der Waals surface area contributed by atoms with Crippen molar-refractivity contribution in [3.63, 3.8) is 0 Å². The minimum atomic E-state index is 0.463. The zero-order valence-electron chi connectivity index (χ0n) is 8.89. The first kappa shape index (κ1) is 12.0. The predicted molar refractivity (Wildman–Crippen MR) is 80.5 cm³/mol. The Morgan fingerprint density at radius 2 is 2.00 bits per heavy atom. The molecule has 2 N–H and O–H groups in total. The quantitative estimate of drug-likeness (QED) is 0.690. The number of fused-ring (bicyclic) bond motifs is 1. The van der Waals surface area contributed by atoms with E-state index in [0.717, 1.165) is 24.7 Å². The molecule has 7 heteroatoms. The molecule has 90 valence electrons. The highest BCUT2D eigenvalue weighted by molar-refractivity contribution is 9.11. The molecule has 1 aromatic carbocycles. The van der Waals surface area contributed by atoms with Crippen LogP contribution in [0.5, 0.6) is 0 Å². The summed E-state index contributed by atoms with van der Waals surface area (Å²) < 4.78 is 1.81. The van der Waals surface area contributed by atoms with Crippen LogP contribution in [0.4, 0.5) is 5.82 Å². The lowest BCUT2D eigenvalue weighted by molar-refractivity contribution is 1.23. The van der Waals surface area contributed by atoms with Gasteiger partial charge in [-0.15, -0.1) is 11.3 Å². The van der Waals surface area contributed by atoms with Crippen molar-refractivity contribution in [1.82, 2.24) is 15.0 Å². The van der Waals surface area contributed by atoms with E-state index in [9.17, 15) is 0 Å². The predicted octanol–water partition coefficient (Wildman–Crippen LogP) is 3.86. The lowest BCUT2D eigenvalue weighted by atomic mass is 10.2. The first-order chi connectivity index (χ1) is 8.65. The number of nitrogen functional groups attached to an aromatic ring is 1. The van der Waals surface area contributed by atoms with Gasteiger partial charge in [0.15, 0.2) is 5.82 Å². The molecular formula is C11H6Br2N4S. The number of hydrogen-bond acceptors (Lipinski definition) is 5. The highest BCUT2D eigenvalue weighted by atomic mass is 79.9. The average molecular weight is 386 g/mol. The number of anilines is 1. The smallest absolute Gasteiger partial charge is 0.173 e. The molecule has 0 saturated carbocycles. The van der Waals surface area contributed by atoms with E-state index in [1.54, 1.807) is 11.7 Å². The number of nitrogens with zero attached hydrogens (tertiary/aromatic N) is 3. The first-order valence-corrected chi connectivity index (χ1v) is 7.43. The second-order valence-corrected chi connectivity index (χ2v) is 6.24. The first-order valence-electron chi connectivity index (χ1n) is 4.96. The molecule has 0 saturated heterocycles. The van der Waals surface area contributed by atoms with Gasteiger partial charge in [0.1, 0.15) is 5.82 Å². The summed E-state index contributed by atoms with van der Waals surface area (Å²) in [7, 11) is 0. The Hall–Kier alpha value is -1.05. The number of nitrogens with two attached hydrogens (primary N) is 1. The summed E-state index contributed by atoms with van der Waals surface area (Å²) in [4.78, 5) is 13.8. The van der Waals surface area contributed by atoms with Gasteiger partial charge in [0, 0.05) is 20.5 Å². The highest BCUT2D eigenvalue weighted by Gasteiger charge is 2.11. The maximum absolute atomic E-state index is 5.99. The summed E-state index contributed by atoms with van der Waals surface area (Å²) in [5.41, 5.74) is 8.54. The second-order valence-electron chi connectivity index (χ2n) is 3.58. The molecule has 0 radical (unpaired) electrons. The summed E-state index contributed by atoms with van der Waals surface area (Å²) in [6, 6.07) is 3.84. The molecule has 0 unspecified atom stereocenters. The largest absolute Gasteiger partial charge is 0.383 e. The molecule has 0 fully saturated rings. The number of halogens is 2. The minimum absolute atomic E-state index is 0.463. The third-order valence-electron chi connectivity index (χ3n) is 2.40. The van der Waals surface area contributed by atoms with Crippen molar-refractivity contribution in [2.45, 2.75) is 0 Å². The van der Waals surface area contributed by atoms with Gasteiger partial charge in [-0.3, -0.25) is 4.98 Å². The van der Waals surface area contributed by atoms with Crippen molar-refractivity contribution in [2.75, 3.05) is 5.73 Å². The summed E-state index contributed by atoms with van der Waals surface area (Å²) in [6.07, 6.45) is 1.73. The van der Waals surface area contributed by atoms with Crippen LogP contribution in [0.3, 0.4) is 0 Å². The number of rotatable bonds is 1. The zero-order chi connectivity index (χ0) is 12.7. The van der Waals surface area contributed by atoms with Crippen molar-refractivity contribution in [3.8, 4) is 10.7 Å². The Kier molecular flexibility index (Phi) is 3.04. The van der Waals surface area contributed by atoms with E-state index in [2.05, 4.69) is 46.8 Å². The van der Waals surface area contributed by atoms with Crippen LogP contribution in [-0.4, -0.2) is 15.0 Å². The lowest BCUT2D eigenvalue weighted by Crippen LogP contribution is -1.97. The van der Waals surface area contributed by atoms with Gasteiger partial charge in [-0.25, -0.2) is 9.97 Å². The SMILES string of the molecule is Nc1nc(-c2cncs2)nc2c(Br)cc(Br)cc12. The van der Waals surface area contributed by atoms with E-state index in [0.29, 0.717) is 11.6 Å². The van der Waals surface area contributed by atoms with Crippen LogP contribution < -0.4 is 5.73 Å².